The van der Waals surface area contributed by atoms with E-state index in [0.717, 1.165) is 28.3 Å². The zero-order valence-corrected chi connectivity index (χ0v) is 23.8. The van der Waals surface area contributed by atoms with Crippen LogP contribution in [-0.4, -0.2) is 54.5 Å². The van der Waals surface area contributed by atoms with Crippen LogP contribution in [0.25, 0.3) is 0 Å². The van der Waals surface area contributed by atoms with Crippen molar-refractivity contribution >= 4 is 39.3 Å². The Labute approximate surface area is 240 Å². The maximum Gasteiger partial charge on any atom is 0.269 e. The number of halogens is 1. The highest BCUT2D eigenvalue weighted by atomic mass is 35.5. The Hall–Kier alpha value is -3.69. The normalized spacial score (nSPS) is 14.4. The third kappa shape index (κ3) is 6.71. The highest BCUT2D eigenvalue weighted by Gasteiger charge is 2.41. The molecule has 1 N–H and O–H groups in total. The predicted octanol–water partition coefficient (Wildman–Crippen LogP) is 4.43. The van der Waals surface area contributed by atoms with Crippen LogP contribution in [0.4, 0.5) is 0 Å². The molecule has 0 spiro atoms. The molecule has 3 aromatic carbocycles. The fourth-order valence-electron chi connectivity index (χ4n) is 4.64. The minimum atomic E-state index is -4.06. The van der Waals surface area contributed by atoms with E-state index in [-0.39, 0.29) is 42.3 Å². The van der Waals surface area contributed by atoms with Gasteiger partial charge in [0.05, 0.1) is 5.56 Å². The lowest BCUT2D eigenvalue weighted by Gasteiger charge is -2.32. The molecule has 40 heavy (non-hydrogen) atoms. The molecule has 3 amide bonds. The van der Waals surface area contributed by atoms with Gasteiger partial charge in [0.1, 0.15) is 10.9 Å². The van der Waals surface area contributed by atoms with Crippen molar-refractivity contribution < 1.29 is 22.8 Å². The van der Waals surface area contributed by atoms with E-state index in [1.54, 1.807) is 36.4 Å². The molecule has 1 aliphatic rings. The van der Waals surface area contributed by atoms with Crippen LogP contribution in [0.15, 0.2) is 83.8 Å². The molecule has 0 unspecified atom stereocenters. The monoisotopic (exact) mass is 581 g/mol. The van der Waals surface area contributed by atoms with E-state index >= 15 is 0 Å². The number of unbranched alkanes of at least 4 members (excludes halogenated alkanes) is 1. The molecule has 0 radical (unpaired) electrons. The van der Waals surface area contributed by atoms with Crippen LogP contribution in [0.3, 0.4) is 0 Å². The molecular weight excluding hydrogens is 550 g/mol. The van der Waals surface area contributed by atoms with Gasteiger partial charge in [-0.1, -0.05) is 79.5 Å². The number of benzene rings is 3. The molecule has 0 fully saturated rings. The summed E-state index contributed by atoms with van der Waals surface area (Å²) >= 11 is 6.06. The maximum atomic E-state index is 13.8. The second kappa shape index (κ2) is 13.1. The molecule has 1 atom stereocenters. The van der Waals surface area contributed by atoms with Crippen molar-refractivity contribution in [1.82, 2.24) is 14.5 Å². The summed E-state index contributed by atoms with van der Waals surface area (Å²) in [4.78, 5) is 41.6. The van der Waals surface area contributed by atoms with E-state index in [1.165, 1.54) is 17.0 Å². The minimum Gasteiger partial charge on any atom is -0.354 e. The topological polar surface area (TPSA) is 104 Å². The Kier molecular flexibility index (Phi) is 9.60. The predicted molar refractivity (Wildman–Crippen MR) is 153 cm³/mol. The number of nitrogens with one attached hydrogen (secondary N) is 1. The lowest BCUT2D eigenvalue weighted by Crippen LogP contribution is -2.51. The Morgan fingerprint density at radius 1 is 0.950 bits per heavy atom. The smallest absolute Gasteiger partial charge is 0.269 e. The lowest BCUT2D eigenvalue weighted by molar-refractivity contribution is -0.141. The molecular formula is C30H32ClN3O5S. The number of hydrogen-bond donors (Lipinski definition) is 1. The highest BCUT2D eigenvalue weighted by Crippen LogP contribution is 2.30. The van der Waals surface area contributed by atoms with Crippen molar-refractivity contribution in [3.8, 4) is 0 Å². The van der Waals surface area contributed by atoms with Gasteiger partial charge >= 0.3 is 0 Å². The summed E-state index contributed by atoms with van der Waals surface area (Å²) < 4.78 is 26.8. The van der Waals surface area contributed by atoms with Gasteiger partial charge in [0, 0.05) is 37.5 Å². The number of carbonyl (C=O) groups excluding carboxylic acids is 3. The number of rotatable bonds is 12. The van der Waals surface area contributed by atoms with Crippen LogP contribution in [0.5, 0.6) is 0 Å². The number of fused-ring (bicyclic) bond motifs is 1. The summed E-state index contributed by atoms with van der Waals surface area (Å²) in [7, 11) is -4.06. The number of amides is 3. The van der Waals surface area contributed by atoms with Crippen molar-refractivity contribution in [2.45, 2.75) is 50.1 Å². The molecule has 0 saturated carbocycles. The SMILES string of the molecule is CCCCNC(=O)[C@H](Cc1ccccc1)N(Cc1ccc(Cl)cc1)C(=O)CCN1C(=O)c2ccccc2S1(=O)=O. The summed E-state index contributed by atoms with van der Waals surface area (Å²) in [6, 6.07) is 21.5. The largest absolute Gasteiger partial charge is 0.354 e. The highest BCUT2D eigenvalue weighted by molar-refractivity contribution is 7.90. The van der Waals surface area contributed by atoms with Gasteiger partial charge in [0.2, 0.25) is 11.8 Å². The zero-order chi connectivity index (χ0) is 28.7. The van der Waals surface area contributed by atoms with E-state index < -0.39 is 27.9 Å². The summed E-state index contributed by atoms with van der Waals surface area (Å²) in [5.74, 6) is -1.40. The van der Waals surface area contributed by atoms with Crippen LogP contribution < -0.4 is 5.32 Å². The number of carbonyl (C=O) groups is 3. The molecule has 0 saturated heterocycles. The summed E-state index contributed by atoms with van der Waals surface area (Å²) in [5.41, 5.74) is 1.72. The van der Waals surface area contributed by atoms with Gasteiger partial charge in [-0.25, -0.2) is 12.7 Å². The molecule has 0 aliphatic carbocycles. The van der Waals surface area contributed by atoms with Crippen LogP contribution in [-0.2, 0) is 32.6 Å². The van der Waals surface area contributed by atoms with Crippen LogP contribution in [0, 0.1) is 0 Å². The average Bonchev–Trinajstić information content (AvgIpc) is 3.15. The molecule has 0 aromatic heterocycles. The van der Waals surface area contributed by atoms with E-state index in [2.05, 4.69) is 5.32 Å². The number of sulfonamides is 1. The standard InChI is InChI=1S/C30H32ClN3O5S/c1-2-3-18-32-29(36)26(20-22-9-5-4-6-10-22)33(21-23-13-15-24(31)16-14-23)28(35)17-19-34-30(37)25-11-7-8-12-27(25)40(34,38)39/h4-16,26H,2-3,17-21H2,1H3,(H,32,36)/t26-/m0/s1. The Morgan fingerprint density at radius 3 is 2.30 bits per heavy atom. The Morgan fingerprint density at radius 2 is 1.62 bits per heavy atom. The molecule has 1 heterocycles. The van der Waals surface area contributed by atoms with Crippen molar-refractivity contribution in [3.63, 3.8) is 0 Å². The van der Waals surface area contributed by atoms with Gasteiger partial charge in [-0.15, -0.1) is 0 Å². The third-order valence-electron chi connectivity index (χ3n) is 6.81. The quantitative estimate of drug-likeness (QED) is 0.319. The second-order valence-electron chi connectivity index (χ2n) is 9.63. The summed E-state index contributed by atoms with van der Waals surface area (Å²) in [5, 5.41) is 3.49. The second-order valence-corrected chi connectivity index (χ2v) is 11.9. The van der Waals surface area contributed by atoms with Gasteiger partial charge in [-0.2, -0.15) is 0 Å². The first-order chi connectivity index (χ1) is 19.2. The molecule has 1 aliphatic heterocycles. The van der Waals surface area contributed by atoms with Crippen molar-refractivity contribution in [2.24, 2.45) is 0 Å². The molecule has 8 nitrogen and oxygen atoms in total. The van der Waals surface area contributed by atoms with Gasteiger partial charge < -0.3 is 10.2 Å². The van der Waals surface area contributed by atoms with Gasteiger partial charge in [0.25, 0.3) is 15.9 Å². The fraction of sp³-hybridized carbons (Fsp3) is 0.300. The maximum absolute atomic E-state index is 13.8. The van der Waals surface area contributed by atoms with Crippen LogP contribution in [0.1, 0.15) is 47.7 Å². The van der Waals surface area contributed by atoms with Gasteiger partial charge in [-0.3, -0.25) is 14.4 Å². The summed E-state index contributed by atoms with van der Waals surface area (Å²) in [6.45, 7) is 2.27. The molecule has 3 aromatic rings. The molecule has 0 bridgehead atoms. The van der Waals surface area contributed by atoms with Crippen molar-refractivity contribution in [3.05, 3.63) is 101 Å². The summed E-state index contributed by atoms with van der Waals surface area (Å²) in [6.07, 6.45) is 1.69. The minimum absolute atomic E-state index is 0.0669. The first kappa shape index (κ1) is 29.3. The zero-order valence-electron chi connectivity index (χ0n) is 22.3. The van der Waals surface area contributed by atoms with E-state index in [4.69, 9.17) is 11.6 Å². The first-order valence-corrected chi connectivity index (χ1v) is 15.1. The first-order valence-electron chi connectivity index (χ1n) is 13.2. The Balaban J connectivity index is 1.62. The fourth-order valence-corrected chi connectivity index (χ4v) is 6.34. The number of nitrogens with zero attached hydrogens (tertiary/aromatic N) is 2. The molecule has 210 valence electrons. The third-order valence-corrected chi connectivity index (χ3v) is 8.90. The van der Waals surface area contributed by atoms with E-state index in [1.807, 2.05) is 37.3 Å². The Bertz CT molecular complexity index is 1460. The van der Waals surface area contributed by atoms with Gasteiger partial charge in [0.15, 0.2) is 0 Å². The van der Waals surface area contributed by atoms with Crippen molar-refractivity contribution in [2.75, 3.05) is 13.1 Å². The van der Waals surface area contributed by atoms with E-state index in [0.29, 0.717) is 11.6 Å². The van der Waals surface area contributed by atoms with E-state index in [9.17, 15) is 22.8 Å². The van der Waals surface area contributed by atoms with Crippen molar-refractivity contribution in [1.29, 1.82) is 0 Å². The number of hydrogen-bond acceptors (Lipinski definition) is 5. The van der Waals surface area contributed by atoms with Crippen LogP contribution in [0.2, 0.25) is 5.02 Å². The van der Waals surface area contributed by atoms with Crippen LogP contribution >= 0.6 is 11.6 Å². The lowest BCUT2D eigenvalue weighted by atomic mass is 10.0. The molecule has 4 rings (SSSR count). The van der Waals surface area contributed by atoms with Gasteiger partial charge in [-0.05, 0) is 41.8 Å². The molecule has 10 heteroatoms. The average molecular weight is 582 g/mol.